The second-order valence-electron chi connectivity index (χ2n) is 7.54. The van der Waals surface area contributed by atoms with Crippen molar-refractivity contribution in [3.8, 4) is 0 Å². The second kappa shape index (κ2) is 7.05. The van der Waals surface area contributed by atoms with E-state index in [1.807, 2.05) is 6.92 Å². The van der Waals surface area contributed by atoms with Crippen molar-refractivity contribution in [3.63, 3.8) is 0 Å². The van der Waals surface area contributed by atoms with Gasteiger partial charge in [-0.1, -0.05) is 20.8 Å². The summed E-state index contributed by atoms with van der Waals surface area (Å²) in [6.45, 7) is 10.2. The molecule has 19 heavy (non-hydrogen) atoms. The summed E-state index contributed by atoms with van der Waals surface area (Å²) < 4.78 is 5.03. The van der Waals surface area contributed by atoms with Gasteiger partial charge in [-0.2, -0.15) is 0 Å². The molecular weight excluding hydrogens is 238 g/mol. The van der Waals surface area contributed by atoms with Crippen LogP contribution in [0.2, 0.25) is 0 Å². The summed E-state index contributed by atoms with van der Waals surface area (Å²) in [4.78, 5) is 0. The lowest BCUT2D eigenvalue weighted by atomic mass is 9.71. The fraction of sp³-hybridized carbons (Fsp3) is 1.00. The molecule has 1 fully saturated rings. The number of rotatable bonds is 6. The van der Waals surface area contributed by atoms with Crippen LogP contribution in [0.4, 0.5) is 0 Å². The maximum atomic E-state index is 10.2. The van der Waals surface area contributed by atoms with Gasteiger partial charge < -0.3 is 15.2 Å². The average molecular weight is 271 g/mol. The lowest BCUT2D eigenvalue weighted by Crippen LogP contribution is -2.45. The Bertz CT molecular complexity index is 250. The number of nitrogens with one attached hydrogen (secondary N) is 1. The van der Waals surface area contributed by atoms with Crippen LogP contribution in [0.15, 0.2) is 0 Å². The molecule has 1 aliphatic carbocycles. The summed E-state index contributed by atoms with van der Waals surface area (Å²) in [5.41, 5.74) is -0.216. The van der Waals surface area contributed by atoms with Gasteiger partial charge in [0.2, 0.25) is 0 Å². The SMILES string of the molecule is COCCC(C)(O)CNC1CCC(C(C)(C)C)CC1. The summed E-state index contributed by atoms with van der Waals surface area (Å²) in [5.74, 6) is 0.847. The minimum atomic E-state index is -0.656. The molecule has 0 aromatic carbocycles. The van der Waals surface area contributed by atoms with Crippen LogP contribution >= 0.6 is 0 Å². The van der Waals surface area contributed by atoms with Crippen molar-refractivity contribution in [2.75, 3.05) is 20.3 Å². The molecule has 0 heterocycles. The number of hydrogen-bond acceptors (Lipinski definition) is 3. The van der Waals surface area contributed by atoms with Crippen LogP contribution in [0, 0.1) is 11.3 Å². The van der Waals surface area contributed by atoms with Crippen molar-refractivity contribution in [3.05, 3.63) is 0 Å². The molecule has 0 amide bonds. The van der Waals surface area contributed by atoms with E-state index >= 15 is 0 Å². The van der Waals surface area contributed by atoms with E-state index in [1.165, 1.54) is 25.7 Å². The van der Waals surface area contributed by atoms with E-state index in [-0.39, 0.29) is 0 Å². The van der Waals surface area contributed by atoms with Crippen molar-refractivity contribution in [2.45, 2.75) is 71.4 Å². The van der Waals surface area contributed by atoms with Crippen molar-refractivity contribution < 1.29 is 9.84 Å². The first-order valence-electron chi connectivity index (χ1n) is 7.69. The Hall–Kier alpha value is -0.120. The Morgan fingerprint density at radius 1 is 1.11 bits per heavy atom. The van der Waals surface area contributed by atoms with Gasteiger partial charge in [0.25, 0.3) is 0 Å². The summed E-state index contributed by atoms with van der Waals surface area (Å²) in [6.07, 6.45) is 5.78. The van der Waals surface area contributed by atoms with Gasteiger partial charge in [-0.15, -0.1) is 0 Å². The zero-order valence-corrected chi connectivity index (χ0v) is 13.5. The number of aliphatic hydroxyl groups is 1. The van der Waals surface area contributed by atoms with Gasteiger partial charge in [0.1, 0.15) is 0 Å². The van der Waals surface area contributed by atoms with Crippen molar-refractivity contribution in [1.82, 2.24) is 5.32 Å². The maximum absolute atomic E-state index is 10.2. The molecule has 0 aromatic heterocycles. The predicted octanol–water partition coefficient (Wildman–Crippen LogP) is 2.97. The van der Waals surface area contributed by atoms with E-state index in [2.05, 4.69) is 26.1 Å². The highest BCUT2D eigenvalue weighted by atomic mass is 16.5. The van der Waals surface area contributed by atoms with Crippen molar-refractivity contribution >= 4 is 0 Å². The molecule has 3 heteroatoms. The molecule has 0 saturated heterocycles. The highest BCUT2D eigenvalue weighted by molar-refractivity contribution is 4.85. The monoisotopic (exact) mass is 271 g/mol. The molecule has 3 nitrogen and oxygen atoms in total. The quantitative estimate of drug-likeness (QED) is 0.780. The molecule has 0 aromatic rings. The van der Waals surface area contributed by atoms with Gasteiger partial charge in [-0.3, -0.25) is 0 Å². The molecule has 1 atom stereocenters. The lowest BCUT2D eigenvalue weighted by molar-refractivity contribution is 0.0203. The summed E-state index contributed by atoms with van der Waals surface area (Å²) in [7, 11) is 1.68. The average Bonchev–Trinajstić information content (AvgIpc) is 2.34. The molecule has 114 valence electrons. The number of ether oxygens (including phenoxy) is 1. The van der Waals surface area contributed by atoms with Crippen LogP contribution in [-0.2, 0) is 4.74 Å². The summed E-state index contributed by atoms with van der Waals surface area (Å²) in [6, 6.07) is 0.576. The smallest absolute Gasteiger partial charge is 0.0765 e. The molecule has 1 rings (SSSR count). The highest BCUT2D eigenvalue weighted by Crippen LogP contribution is 2.37. The molecule has 2 N–H and O–H groups in total. The predicted molar refractivity (Wildman–Crippen MR) is 80.3 cm³/mol. The number of methoxy groups -OCH3 is 1. The topological polar surface area (TPSA) is 41.5 Å². The largest absolute Gasteiger partial charge is 0.389 e. The third-order valence-corrected chi connectivity index (χ3v) is 4.57. The van der Waals surface area contributed by atoms with Crippen molar-refractivity contribution in [2.24, 2.45) is 11.3 Å². The van der Waals surface area contributed by atoms with Crippen LogP contribution in [0.25, 0.3) is 0 Å². The van der Waals surface area contributed by atoms with E-state index in [0.29, 0.717) is 31.0 Å². The summed E-state index contributed by atoms with van der Waals surface area (Å²) >= 11 is 0. The third-order valence-electron chi connectivity index (χ3n) is 4.57. The minimum Gasteiger partial charge on any atom is -0.389 e. The molecule has 1 aliphatic rings. The van der Waals surface area contributed by atoms with Crippen LogP contribution in [0.3, 0.4) is 0 Å². The molecule has 1 saturated carbocycles. The third kappa shape index (κ3) is 6.24. The lowest BCUT2D eigenvalue weighted by Gasteiger charge is -2.38. The van der Waals surface area contributed by atoms with Gasteiger partial charge in [-0.05, 0) is 43.9 Å². The Morgan fingerprint density at radius 2 is 1.68 bits per heavy atom. The molecule has 0 spiro atoms. The maximum Gasteiger partial charge on any atom is 0.0765 e. The second-order valence-corrected chi connectivity index (χ2v) is 7.54. The molecule has 0 bridgehead atoms. The van der Waals surface area contributed by atoms with Crippen LogP contribution in [-0.4, -0.2) is 37.0 Å². The Morgan fingerprint density at radius 3 is 2.16 bits per heavy atom. The van der Waals surface area contributed by atoms with E-state index in [0.717, 1.165) is 5.92 Å². The molecular formula is C16H33NO2. The van der Waals surface area contributed by atoms with Gasteiger partial charge in [0, 0.05) is 32.7 Å². The zero-order valence-electron chi connectivity index (χ0n) is 13.5. The van der Waals surface area contributed by atoms with E-state index in [9.17, 15) is 5.11 Å². The zero-order chi connectivity index (χ0) is 14.5. The highest BCUT2D eigenvalue weighted by Gasteiger charge is 2.30. The van der Waals surface area contributed by atoms with Gasteiger partial charge in [0.05, 0.1) is 5.60 Å². The first kappa shape index (κ1) is 16.9. The van der Waals surface area contributed by atoms with Gasteiger partial charge in [-0.25, -0.2) is 0 Å². The van der Waals surface area contributed by atoms with Crippen LogP contribution in [0.1, 0.15) is 59.8 Å². The van der Waals surface area contributed by atoms with E-state index in [4.69, 9.17) is 4.74 Å². The first-order chi connectivity index (χ1) is 8.74. The van der Waals surface area contributed by atoms with Crippen LogP contribution < -0.4 is 5.32 Å². The van der Waals surface area contributed by atoms with E-state index in [1.54, 1.807) is 7.11 Å². The molecule has 0 aliphatic heterocycles. The first-order valence-corrected chi connectivity index (χ1v) is 7.69. The fourth-order valence-electron chi connectivity index (χ4n) is 2.94. The summed E-state index contributed by atoms with van der Waals surface area (Å²) in [5, 5.41) is 13.8. The Kier molecular flexibility index (Phi) is 6.28. The van der Waals surface area contributed by atoms with Crippen molar-refractivity contribution in [1.29, 1.82) is 0 Å². The normalized spacial score (nSPS) is 28.1. The Labute approximate surface area is 119 Å². The standard InChI is InChI=1S/C16H33NO2/c1-15(2,3)13-6-8-14(9-7-13)17-12-16(4,18)10-11-19-5/h13-14,17-18H,6-12H2,1-5H3. The van der Waals surface area contributed by atoms with E-state index < -0.39 is 5.60 Å². The van der Waals surface area contributed by atoms with Gasteiger partial charge >= 0.3 is 0 Å². The molecule has 1 unspecified atom stereocenters. The Balaban J connectivity index is 2.26. The molecule has 0 radical (unpaired) electrons. The number of hydrogen-bond donors (Lipinski definition) is 2. The fourth-order valence-corrected chi connectivity index (χ4v) is 2.94. The minimum absolute atomic E-state index is 0.439. The van der Waals surface area contributed by atoms with Crippen LogP contribution in [0.5, 0.6) is 0 Å². The van der Waals surface area contributed by atoms with Gasteiger partial charge in [0.15, 0.2) is 0 Å².